The SMILES string of the molecule is Clc1ccc2c(c1)CCC2Nc1cnccc1Cl. The Morgan fingerprint density at radius 1 is 1.22 bits per heavy atom. The zero-order valence-corrected chi connectivity index (χ0v) is 11.2. The van der Waals surface area contributed by atoms with E-state index >= 15 is 0 Å². The zero-order chi connectivity index (χ0) is 12.5. The van der Waals surface area contributed by atoms with E-state index in [4.69, 9.17) is 23.2 Å². The average molecular weight is 279 g/mol. The lowest BCUT2D eigenvalue weighted by Gasteiger charge is -2.16. The van der Waals surface area contributed by atoms with Gasteiger partial charge in [-0.2, -0.15) is 0 Å². The Kier molecular flexibility index (Phi) is 3.14. The summed E-state index contributed by atoms with van der Waals surface area (Å²) >= 11 is 12.1. The summed E-state index contributed by atoms with van der Waals surface area (Å²) in [5.74, 6) is 0. The first kappa shape index (κ1) is 11.8. The maximum absolute atomic E-state index is 6.13. The lowest BCUT2D eigenvalue weighted by Crippen LogP contribution is -2.07. The number of nitrogens with zero attached hydrogens (tertiary/aromatic N) is 1. The summed E-state index contributed by atoms with van der Waals surface area (Å²) in [6.07, 6.45) is 5.55. The van der Waals surface area contributed by atoms with Crippen molar-refractivity contribution in [1.29, 1.82) is 0 Å². The molecule has 2 nitrogen and oxygen atoms in total. The molecule has 0 spiro atoms. The second kappa shape index (κ2) is 4.79. The van der Waals surface area contributed by atoms with E-state index < -0.39 is 0 Å². The van der Waals surface area contributed by atoms with Gasteiger partial charge in [-0.25, -0.2) is 0 Å². The van der Waals surface area contributed by atoms with Crippen LogP contribution in [0.15, 0.2) is 36.7 Å². The molecule has 1 aliphatic rings. The molecule has 1 heterocycles. The number of benzene rings is 1. The number of rotatable bonds is 2. The van der Waals surface area contributed by atoms with Crippen molar-refractivity contribution in [3.63, 3.8) is 0 Å². The molecule has 0 fully saturated rings. The van der Waals surface area contributed by atoms with Crippen molar-refractivity contribution in [2.24, 2.45) is 0 Å². The van der Waals surface area contributed by atoms with Crippen LogP contribution in [0.3, 0.4) is 0 Å². The molecule has 1 atom stereocenters. The maximum atomic E-state index is 6.13. The van der Waals surface area contributed by atoms with Crippen LogP contribution in [-0.4, -0.2) is 4.98 Å². The highest BCUT2D eigenvalue weighted by Crippen LogP contribution is 2.36. The molecule has 2 aromatic rings. The summed E-state index contributed by atoms with van der Waals surface area (Å²) in [6.45, 7) is 0. The van der Waals surface area contributed by atoms with Gasteiger partial charge in [0, 0.05) is 11.2 Å². The van der Waals surface area contributed by atoms with Crippen molar-refractivity contribution >= 4 is 28.9 Å². The first-order chi connectivity index (χ1) is 8.74. The summed E-state index contributed by atoms with van der Waals surface area (Å²) in [5.41, 5.74) is 3.51. The van der Waals surface area contributed by atoms with Gasteiger partial charge < -0.3 is 5.32 Å². The summed E-state index contributed by atoms with van der Waals surface area (Å²) in [5, 5.41) is 4.95. The summed E-state index contributed by atoms with van der Waals surface area (Å²) in [4.78, 5) is 4.09. The minimum Gasteiger partial charge on any atom is -0.376 e. The van der Waals surface area contributed by atoms with Gasteiger partial charge in [0.2, 0.25) is 0 Å². The summed E-state index contributed by atoms with van der Waals surface area (Å²) in [7, 11) is 0. The number of hydrogen-bond donors (Lipinski definition) is 1. The Bertz CT molecular complexity index is 584. The van der Waals surface area contributed by atoms with Crippen LogP contribution in [0.1, 0.15) is 23.6 Å². The molecule has 18 heavy (non-hydrogen) atoms. The predicted octanol–water partition coefficient (Wildman–Crippen LogP) is 4.49. The van der Waals surface area contributed by atoms with E-state index in [2.05, 4.69) is 16.4 Å². The van der Waals surface area contributed by atoms with Gasteiger partial charge in [-0.15, -0.1) is 0 Å². The van der Waals surface area contributed by atoms with Gasteiger partial charge in [-0.3, -0.25) is 4.98 Å². The van der Waals surface area contributed by atoms with Crippen LogP contribution in [0, 0.1) is 0 Å². The van der Waals surface area contributed by atoms with E-state index in [0.29, 0.717) is 11.1 Å². The second-order valence-corrected chi connectivity index (χ2v) is 5.28. The minimum atomic E-state index is 0.291. The highest BCUT2D eigenvalue weighted by atomic mass is 35.5. The Labute approximate surface area is 116 Å². The fraction of sp³-hybridized carbons (Fsp3) is 0.214. The molecule has 1 aliphatic carbocycles. The lowest BCUT2D eigenvalue weighted by molar-refractivity contribution is 0.761. The van der Waals surface area contributed by atoms with Gasteiger partial charge in [-0.1, -0.05) is 29.3 Å². The predicted molar refractivity (Wildman–Crippen MR) is 75.4 cm³/mol. The topological polar surface area (TPSA) is 24.9 Å². The highest BCUT2D eigenvalue weighted by molar-refractivity contribution is 6.33. The number of nitrogens with one attached hydrogen (secondary N) is 1. The van der Waals surface area contributed by atoms with Crippen LogP contribution >= 0.6 is 23.2 Å². The third kappa shape index (κ3) is 2.18. The van der Waals surface area contributed by atoms with Crippen LogP contribution in [0.25, 0.3) is 0 Å². The molecule has 0 saturated carbocycles. The van der Waals surface area contributed by atoms with Gasteiger partial charge >= 0.3 is 0 Å². The maximum Gasteiger partial charge on any atom is 0.0720 e. The van der Waals surface area contributed by atoms with Crippen molar-refractivity contribution in [1.82, 2.24) is 4.98 Å². The van der Waals surface area contributed by atoms with E-state index in [1.54, 1.807) is 18.5 Å². The quantitative estimate of drug-likeness (QED) is 0.876. The van der Waals surface area contributed by atoms with Crippen molar-refractivity contribution in [3.05, 3.63) is 57.8 Å². The summed E-state index contributed by atoms with van der Waals surface area (Å²) in [6, 6.07) is 8.15. The largest absolute Gasteiger partial charge is 0.376 e. The van der Waals surface area contributed by atoms with E-state index in [-0.39, 0.29) is 0 Å². The number of aromatic nitrogens is 1. The molecule has 92 valence electrons. The molecule has 1 aromatic carbocycles. The Hall–Kier alpha value is -1.25. The van der Waals surface area contributed by atoms with Crippen molar-refractivity contribution in [2.45, 2.75) is 18.9 Å². The molecule has 3 rings (SSSR count). The fourth-order valence-electron chi connectivity index (χ4n) is 2.41. The van der Waals surface area contributed by atoms with Crippen molar-refractivity contribution < 1.29 is 0 Å². The van der Waals surface area contributed by atoms with Gasteiger partial charge in [0.25, 0.3) is 0 Å². The first-order valence-electron chi connectivity index (χ1n) is 5.88. The molecule has 0 aliphatic heterocycles. The Balaban J connectivity index is 1.87. The standard InChI is InChI=1S/C14H12Cl2N2/c15-10-2-3-11-9(7-10)1-4-13(11)18-14-8-17-6-5-12(14)16/h2-3,5-8,13,18H,1,4H2. The van der Waals surface area contributed by atoms with Gasteiger partial charge in [0.1, 0.15) is 0 Å². The number of halogens is 2. The smallest absolute Gasteiger partial charge is 0.0720 e. The van der Waals surface area contributed by atoms with Gasteiger partial charge in [0.15, 0.2) is 0 Å². The summed E-state index contributed by atoms with van der Waals surface area (Å²) < 4.78 is 0. The van der Waals surface area contributed by atoms with Crippen LogP contribution in [0.5, 0.6) is 0 Å². The van der Waals surface area contributed by atoms with E-state index in [1.807, 2.05) is 12.1 Å². The molecule has 0 bridgehead atoms. The van der Waals surface area contributed by atoms with Crippen LogP contribution in [0.4, 0.5) is 5.69 Å². The molecular formula is C14H12Cl2N2. The van der Waals surface area contributed by atoms with E-state index in [1.165, 1.54) is 11.1 Å². The highest BCUT2D eigenvalue weighted by Gasteiger charge is 2.22. The second-order valence-electron chi connectivity index (χ2n) is 4.43. The third-order valence-corrected chi connectivity index (χ3v) is 3.85. The number of hydrogen-bond acceptors (Lipinski definition) is 2. The van der Waals surface area contributed by atoms with Gasteiger partial charge in [0.05, 0.1) is 22.9 Å². The van der Waals surface area contributed by atoms with Crippen LogP contribution in [-0.2, 0) is 6.42 Å². The Morgan fingerprint density at radius 2 is 2.11 bits per heavy atom. The minimum absolute atomic E-state index is 0.291. The lowest BCUT2D eigenvalue weighted by atomic mass is 10.1. The average Bonchev–Trinajstić information content (AvgIpc) is 2.74. The molecule has 1 N–H and O–H groups in total. The first-order valence-corrected chi connectivity index (χ1v) is 6.64. The number of anilines is 1. The number of pyridine rings is 1. The van der Waals surface area contributed by atoms with Crippen LogP contribution in [0.2, 0.25) is 10.0 Å². The molecule has 4 heteroatoms. The fourth-order valence-corrected chi connectivity index (χ4v) is 2.76. The monoisotopic (exact) mass is 278 g/mol. The molecule has 0 radical (unpaired) electrons. The van der Waals surface area contributed by atoms with Crippen molar-refractivity contribution in [2.75, 3.05) is 5.32 Å². The normalized spacial score (nSPS) is 17.6. The zero-order valence-electron chi connectivity index (χ0n) is 9.66. The number of fused-ring (bicyclic) bond motifs is 1. The third-order valence-electron chi connectivity index (χ3n) is 3.28. The molecule has 1 unspecified atom stereocenters. The molecular weight excluding hydrogens is 267 g/mol. The van der Waals surface area contributed by atoms with Crippen molar-refractivity contribution in [3.8, 4) is 0 Å². The van der Waals surface area contributed by atoms with E-state index in [9.17, 15) is 0 Å². The van der Waals surface area contributed by atoms with E-state index in [0.717, 1.165) is 23.6 Å². The molecule has 0 saturated heterocycles. The molecule has 0 amide bonds. The Morgan fingerprint density at radius 3 is 2.94 bits per heavy atom. The van der Waals surface area contributed by atoms with Gasteiger partial charge in [-0.05, 0) is 42.2 Å². The van der Waals surface area contributed by atoms with Crippen LogP contribution < -0.4 is 5.32 Å². The molecule has 1 aromatic heterocycles. The number of aryl methyl sites for hydroxylation is 1.